The number of thioether (sulfide) groups is 1. The maximum absolute atomic E-state index is 13.6. The smallest absolute Gasteiger partial charge is 0.312 e. The van der Waals surface area contributed by atoms with Gasteiger partial charge in [0.2, 0.25) is 0 Å². The van der Waals surface area contributed by atoms with Crippen LogP contribution < -0.4 is 0 Å². The quantitative estimate of drug-likeness (QED) is 0.216. The lowest BCUT2D eigenvalue weighted by atomic mass is 9.61. The average Bonchev–Trinajstić information content (AvgIpc) is 3.15. The van der Waals surface area contributed by atoms with Crippen molar-refractivity contribution in [2.75, 3.05) is 0 Å². The molecule has 0 amide bonds. The van der Waals surface area contributed by atoms with Crippen molar-refractivity contribution in [1.82, 2.24) is 0 Å². The van der Waals surface area contributed by atoms with Crippen molar-refractivity contribution in [3.63, 3.8) is 0 Å². The summed E-state index contributed by atoms with van der Waals surface area (Å²) in [6, 6.07) is 19.6. The third kappa shape index (κ3) is 7.16. The van der Waals surface area contributed by atoms with Crippen LogP contribution in [0.25, 0.3) is 20.5 Å². The van der Waals surface area contributed by atoms with Crippen LogP contribution in [0.5, 0.6) is 0 Å². The molecule has 196 valence electrons. The molecule has 0 aliphatic heterocycles. The zero-order valence-electron chi connectivity index (χ0n) is 23.8. The second kappa shape index (κ2) is 10.5. The maximum atomic E-state index is 13.6. The molecule has 0 fully saturated rings. The van der Waals surface area contributed by atoms with Crippen LogP contribution in [0.2, 0.25) is 0 Å². The molecule has 2 nitrogen and oxygen atoms in total. The van der Waals surface area contributed by atoms with Gasteiger partial charge in [-0.2, -0.15) is 0 Å². The van der Waals surface area contributed by atoms with E-state index in [1.54, 1.807) is 0 Å². The van der Waals surface area contributed by atoms with Crippen molar-refractivity contribution < 1.29 is 9.53 Å². The predicted octanol–water partition coefficient (Wildman–Crippen LogP) is 10.2. The highest BCUT2D eigenvalue weighted by Crippen LogP contribution is 2.48. The molecule has 0 saturated carbocycles. The third-order valence-corrected chi connectivity index (χ3v) is 9.27. The van der Waals surface area contributed by atoms with E-state index in [0.29, 0.717) is 5.25 Å². The van der Waals surface area contributed by atoms with Crippen LogP contribution >= 0.6 is 23.1 Å². The van der Waals surface area contributed by atoms with Gasteiger partial charge in [-0.05, 0) is 73.6 Å². The van der Waals surface area contributed by atoms with Gasteiger partial charge >= 0.3 is 5.97 Å². The van der Waals surface area contributed by atoms with Gasteiger partial charge in [-0.15, -0.1) is 23.1 Å². The summed E-state index contributed by atoms with van der Waals surface area (Å²) in [5.74, 6) is -0.0828. The molecule has 1 aromatic heterocycles. The molecule has 2 unspecified atom stereocenters. The summed E-state index contributed by atoms with van der Waals surface area (Å²) in [5.41, 5.74) is 0.0112. The molecule has 0 N–H and O–H groups in total. The number of thiophene rings is 1. The van der Waals surface area contributed by atoms with E-state index in [4.69, 9.17) is 4.74 Å². The second-order valence-corrected chi connectivity index (χ2v) is 15.9. The molecule has 0 aliphatic rings. The Kier molecular flexibility index (Phi) is 8.42. The van der Waals surface area contributed by atoms with E-state index >= 15 is 0 Å². The highest BCUT2D eigenvalue weighted by atomic mass is 32.2. The first-order chi connectivity index (χ1) is 16.5. The van der Waals surface area contributed by atoms with E-state index in [1.165, 1.54) is 25.4 Å². The summed E-state index contributed by atoms with van der Waals surface area (Å²) in [4.78, 5) is 16.1. The van der Waals surface area contributed by atoms with E-state index in [9.17, 15) is 4.79 Å². The lowest BCUT2D eigenvalue weighted by Crippen LogP contribution is -2.47. The lowest BCUT2D eigenvalue weighted by molar-refractivity contribution is -0.178. The molecule has 2 atom stereocenters. The monoisotopic (exact) mass is 524 g/mol. The standard InChI is InChI=1S/C32H44O2S2/c1-22(20-31(8,9)34-28(33)32(10,30(5,6)7)21-29(2,3)4)35-25-17-16-24-18-26(36-27(24)19-25)23-14-12-11-13-15-23/h11-19,22H,20-21H2,1-10H3. The fourth-order valence-corrected chi connectivity index (χ4v) is 7.37. The van der Waals surface area contributed by atoms with Gasteiger partial charge in [-0.1, -0.05) is 84.9 Å². The topological polar surface area (TPSA) is 26.3 Å². The minimum atomic E-state index is -0.556. The number of carbonyl (C=O) groups is 1. The Balaban J connectivity index is 1.69. The van der Waals surface area contributed by atoms with Crippen molar-refractivity contribution in [3.8, 4) is 10.4 Å². The number of benzene rings is 2. The Hall–Kier alpha value is -1.78. The molecule has 0 bridgehead atoms. The molecule has 3 aromatic rings. The molecule has 3 rings (SSSR count). The molecule has 0 aliphatic carbocycles. The Morgan fingerprint density at radius 3 is 2.14 bits per heavy atom. The number of rotatable bonds is 8. The maximum Gasteiger partial charge on any atom is 0.312 e. The number of ether oxygens (including phenoxy) is 1. The van der Waals surface area contributed by atoms with Crippen molar-refractivity contribution >= 4 is 39.2 Å². The lowest BCUT2D eigenvalue weighted by Gasteiger charge is -2.45. The van der Waals surface area contributed by atoms with Crippen molar-refractivity contribution in [1.29, 1.82) is 0 Å². The van der Waals surface area contributed by atoms with Gasteiger partial charge in [0.05, 0.1) is 5.41 Å². The van der Waals surface area contributed by atoms with Gasteiger partial charge in [-0.25, -0.2) is 0 Å². The zero-order valence-corrected chi connectivity index (χ0v) is 25.5. The summed E-state index contributed by atoms with van der Waals surface area (Å²) in [7, 11) is 0. The molecule has 1 heterocycles. The molecule has 4 heteroatoms. The highest BCUT2D eigenvalue weighted by molar-refractivity contribution is 8.00. The molecule has 0 radical (unpaired) electrons. The molecule has 0 saturated heterocycles. The number of fused-ring (bicyclic) bond motifs is 1. The first-order valence-corrected chi connectivity index (χ1v) is 14.7. The van der Waals surface area contributed by atoms with E-state index in [2.05, 4.69) is 124 Å². The van der Waals surface area contributed by atoms with Crippen LogP contribution in [0.1, 0.15) is 82.1 Å². The summed E-state index contributed by atoms with van der Waals surface area (Å²) in [6.07, 6.45) is 1.57. The Labute approximate surface area is 227 Å². The first-order valence-electron chi connectivity index (χ1n) is 13.0. The van der Waals surface area contributed by atoms with Crippen LogP contribution in [-0.2, 0) is 9.53 Å². The van der Waals surface area contributed by atoms with Gasteiger partial charge < -0.3 is 4.74 Å². The Morgan fingerprint density at radius 2 is 1.56 bits per heavy atom. The van der Waals surface area contributed by atoms with Crippen molar-refractivity contribution in [2.24, 2.45) is 16.2 Å². The fraction of sp³-hybridized carbons (Fsp3) is 0.531. The van der Waals surface area contributed by atoms with Crippen LogP contribution in [0.4, 0.5) is 0 Å². The van der Waals surface area contributed by atoms with Gasteiger partial charge in [-0.3, -0.25) is 4.79 Å². The van der Waals surface area contributed by atoms with E-state index in [1.807, 2.05) is 23.1 Å². The predicted molar refractivity (Wildman–Crippen MR) is 159 cm³/mol. The van der Waals surface area contributed by atoms with Gasteiger partial charge in [0.15, 0.2) is 0 Å². The van der Waals surface area contributed by atoms with Crippen molar-refractivity contribution in [3.05, 3.63) is 54.6 Å². The van der Waals surface area contributed by atoms with Gasteiger partial charge in [0, 0.05) is 19.7 Å². The molecule has 0 spiro atoms. The number of hydrogen-bond donors (Lipinski definition) is 0. The fourth-order valence-electron chi connectivity index (χ4n) is 4.91. The third-order valence-electron chi connectivity index (χ3n) is 7.02. The highest BCUT2D eigenvalue weighted by Gasteiger charge is 2.49. The van der Waals surface area contributed by atoms with Crippen LogP contribution in [0.3, 0.4) is 0 Å². The largest absolute Gasteiger partial charge is 0.459 e. The molecule has 2 aromatic carbocycles. The Morgan fingerprint density at radius 1 is 0.917 bits per heavy atom. The van der Waals surface area contributed by atoms with Gasteiger partial charge in [0.1, 0.15) is 5.60 Å². The number of carbonyl (C=O) groups excluding carboxylic acids is 1. The summed E-state index contributed by atoms with van der Waals surface area (Å²) >= 11 is 3.70. The minimum Gasteiger partial charge on any atom is -0.459 e. The van der Waals surface area contributed by atoms with Crippen LogP contribution in [0.15, 0.2) is 59.5 Å². The summed E-state index contributed by atoms with van der Waals surface area (Å²) in [6.45, 7) is 21.4. The van der Waals surface area contributed by atoms with E-state index < -0.39 is 11.0 Å². The molecular formula is C32H44O2S2. The SMILES string of the molecule is CC(CC(C)(C)OC(=O)C(C)(CC(C)(C)C)C(C)(C)C)Sc1ccc2cc(-c3ccccc3)sc2c1. The normalized spacial score (nSPS) is 15.5. The zero-order chi connectivity index (χ0) is 26.9. The minimum absolute atomic E-state index is 0.0369. The van der Waals surface area contributed by atoms with Crippen molar-refractivity contribution in [2.45, 2.75) is 97.8 Å². The summed E-state index contributed by atoms with van der Waals surface area (Å²) in [5, 5.41) is 1.59. The molecular weight excluding hydrogens is 480 g/mol. The van der Waals surface area contributed by atoms with Crippen LogP contribution in [-0.4, -0.2) is 16.8 Å². The van der Waals surface area contributed by atoms with Gasteiger partial charge in [0.25, 0.3) is 0 Å². The average molecular weight is 525 g/mol. The number of esters is 1. The Bertz CT molecular complexity index is 1180. The molecule has 36 heavy (non-hydrogen) atoms. The van der Waals surface area contributed by atoms with Crippen LogP contribution in [0, 0.1) is 16.2 Å². The summed E-state index contributed by atoms with van der Waals surface area (Å²) < 4.78 is 7.56. The second-order valence-electron chi connectivity index (χ2n) is 13.3. The van der Waals surface area contributed by atoms with E-state index in [-0.39, 0.29) is 16.8 Å². The first kappa shape index (κ1) is 28.8. The van der Waals surface area contributed by atoms with E-state index in [0.717, 1.165) is 12.8 Å². The number of hydrogen-bond acceptors (Lipinski definition) is 4.